The number of ketones is 1. The molecule has 3 aliphatic rings. The second kappa shape index (κ2) is 16.2. The number of thioether (sulfide) groups is 1. The molecule has 0 bridgehead atoms. The van der Waals surface area contributed by atoms with E-state index in [4.69, 9.17) is 25.8 Å². The number of halogens is 1. The Labute approximate surface area is 358 Å². The number of carbonyl (C=O) groups excluding carboxylic acids is 4. The number of hydrogen-bond acceptors (Lipinski definition) is 9. The Kier molecular flexibility index (Phi) is 11.1. The van der Waals surface area contributed by atoms with Crippen molar-refractivity contribution in [3.8, 4) is 5.75 Å². The first-order chi connectivity index (χ1) is 28.8. The summed E-state index contributed by atoms with van der Waals surface area (Å²) in [4.78, 5) is 61.7. The molecular formula is C49H44ClNO8S. The zero-order valence-corrected chi connectivity index (χ0v) is 35.1. The van der Waals surface area contributed by atoms with E-state index in [1.807, 2.05) is 81.4 Å². The fourth-order valence-electron chi connectivity index (χ4n) is 8.91. The van der Waals surface area contributed by atoms with Crippen molar-refractivity contribution in [1.82, 2.24) is 4.90 Å². The lowest BCUT2D eigenvalue weighted by molar-refractivity contribution is -0.271. The highest BCUT2D eigenvalue weighted by molar-refractivity contribution is 8.01. The molecule has 5 aromatic rings. The van der Waals surface area contributed by atoms with Gasteiger partial charge in [-0.3, -0.25) is 14.4 Å². The average molecular weight is 842 g/mol. The van der Waals surface area contributed by atoms with Crippen molar-refractivity contribution >= 4 is 47.0 Å². The van der Waals surface area contributed by atoms with Gasteiger partial charge in [-0.2, -0.15) is 0 Å². The molecule has 60 heavy (non-hydrogen) atoms. The van der Waals surface area contributed by atoms with Gasteiger partial charge in [-0.15, -0.1) is 11.8 Å². The summed E-state index contributed by atoms with van der Waals surface area (Å²) in [5, 5.41) is 12.4. The van der Waals surface area contributed by atoms with Gasteiger partial charge in [0, 0.05) is 26.5 Å². The molecule has 5 unspecified atom stereocenters. The van der Waals surface area contributed by atoms with E-state index in [9.17, 15) is 14.7 Å². The van der Waals surface area contributed by atoms with Crippen LogP contribution >= 0.6 is 23.4 Å². The first-order valence-corrected chi connectivity index (χ1v) is 21.0. The van der Waals surface area contributed by atoms with E-state index in [-0.39, 0.29) is 23.5 Å². The van der Waals surface area contributed by atoms with Crippen molar-refractivity contribution in [3.05, 3.63) is 184 Å². The zero-order chi connectivity index (χ0) is 42.4. The molecule has 1 aliphatic carbocycles. The monoisotopic (exact) mass is 841 g/mol. The molecule has 2 heterocycles. The highest BCUT2D eigenvalue weighted by Crippen LogP contribution is 2.69. The maximum Gasteiger partial charge on any atom is 0.335 e. The highest BCUT2D eigenvalue weighted by Gasteiger charge is 2.81. The van der Waals surface area contributed by atoms with Crippen LogP contribution < -0.4 is 4.74 Å². The van der Waals surface area contributed by atoms with Gasteiger partial charge in [0.15, 0.2) is 5.78 Å². The van der Waals surface area contributed by atoms with Gasteiger partial charge in [-0.05, 0) is 75.2 Å². The molecule has 306 valence electrons. The van der Waals surface area contributed by atoms with E-state index < -0.39 is 68.9 Å². The average Bonchev–Trinajstić information content (AvgIpc) is 3.77. The third kappa shape index (κ3) is 7.15. The highest BCUT2D eigenvalue weighted by atomic mass is 35.5. The second-order valence-electron chi connectivity index (χ2n) is 16.1. The number of rotatable bonds is 12. The van der Waals surface area contributed by atoms with Gasteiger partial charge < -0.3 is 24.2 Å². The number of aryl methyl sites for hydroxylation is 1. The topological polar surface area (TPSA) is 119 Å². The molecule has 11 heteroatoms. The molecule has 5 aromatic carbocycles. The molecule has 2 aliphatic heterocycles. The number of aliphatic hydroxyl groups is 1. The number of amides is 1. The fourth-order valence-corrected chi connectivity index (χ4v) is 10.9. The van der Waals surface area contributed by atoms with Crippen LogP contribution in [0.1, 0.15) is 59.5 Å². The molecule has 1 spiro atoms. The van der Waals surface area contributed by atoms with Crippen LogP contribution in [0.3, 0.4) is 0 Å². The Hall–Kier alpha value is -5.52. The Balaban J connectivity index is 1.26. The number of β-lactam (4-membered cyclic amide) rings is 1. The summed E-state index contributed by atoms with van der Waals surface area (Å²) in [7, 11) is 0. The predicted molar refractivity (Wildman–Crippen MR) is 229 cm³/mol. The van der Waals surface area contributed by atoms with Crippen LogP contribution in [-0.2, 0) is 36.3 Å². The molecule has 1 N–H and O–H groups in total. The van der Waals surface area contributed by atoms with Crippen LogP contribution in [-0.4, -0.2) is 49.8 Å². The summed E-state index contributed by atoms with van der Waals surface area (Å²) < 4.78 is 17.6. The van der Waals surface area contributed by atoms with Gasteiger partial charge in [-0.25, -0.2) is 4.79 Å². The Morgan fingerprint density at radius 2 is 1.45 bits per heavy atom. The molecule has 7 atom stereocenters. The van der Waals surface area contributed by atoms with Crippen molar-refractivity contribution in [2.75, 3.05) is 0 Å². The summed E-state index contributed by atoms with van der Waals surface area (Å²) in [6, 6.07) is 39.4. The van der Waals surface area contributed by atoms with Crippen LogP contribution in [0.4, 0.5) is 0 Å². The summed E-state index contributed by atoms with van der Waals surface area (Å²) in [6.07, 6.45) is 0.649. The summed E-state index contributed by atoms with van der Waals surface area (Å²) >= 11 is 7.60. The number of benzene rings is 5. The second-order valence-corrected chi connectivity index (χ2v) is 18.2. The zero-order valence-electron chi connectivity index (χ0n) is 33.5. The largest absolute Gasteiger partial charge is 0.454 e. The van der Waals surface area contributed by atoms with Gasteiger partial charge in [0.25, 0.3) is 0 Å². The van der Waals surface area contributed by atoms with Crippen LogP contribution in [0.15, 0.2) is 151 Å². The first kappa shape index (κ1) is 41.2. The van der Waals surface area contributed by atoms with Crippen molar-refractivity contribution in [2.24, 2.45) is 17.3 Å². The van der Waals surface area contributed by atoms with E-state index in [1.165, 1.54) is 34.9 Å². The van der Waals surface area contributed by atoms with E-state index in [0.29, 0.717) is 10.6 Å². The van der Waals surface area contributed by atoms with E-state index in [2.05, 4.69) is 0 Å². The minimum Gasteiger partial charge on any atom is -0.454 e. The Morgan fingerprint density at radius 3 is 2.08 bits per heavy atom. The van der Waals surface area contributed by atoms with Gasteiger partial charge >= 0.3 is 11.9 Å². The number of esters is 2. The van der Waals surface area contributed by atoms with Crippen molar-refractivity contribution in [3.63, 3.8) is 0 Å². The fraction of sp³-hybridized carbons (Fsp3) is 0.265. The minimum absolute atomic E-state index is 0.0156. The quantitative estimate of drug-likeness (QED) is 0.0432. The number of Topliss-reactive ketones (excluding diaryl/α,β-unsaturated/α-hetero) is 1. The van der Waals surface area contributed by atoms with Crippen LogP contribution in [0.2, 0.25) is 5.02 Å². The normalized spacial score (nSPS) is 24.1. The number of carbonyl (C=O) groups is 4. The standard InChI is InChI=1S/C49H44ClNO8S/c1-30-20-22-33(23-21-30)31(2)58-42(53)38-28-39(43(54)59-37-18-12-7-13-19-37)48(40(38)41(52)34-24-26-36(50)27-25-34)45(55)51-44(47(3,4)60-46(48)51)49(56,35-16-10-6-11-17-35)57-29-32-14-8-5-9-15-32/h5-28,31,39-40,44,46,56H,29H2,1-4H3/t31?,39?,40?,44-,46-,48?,49?/m1/s1. The number of hydrogen-bond donors (Lipinski definition) is 1. The van der Waals surface area contributed by atoms with Crippen molar-refractivity contribution < 1.29 is 38.5 Å². The molecule has 8 rings (SSSR count). The number of fused-ring (bicyclic) bond motifs is 2. The maximum atomic E-state index is 15.7. The lowest BCUT2D eigenvalue weighted by atomic mass is 9.60. The van der Waals surface area contributed by atoms with Gasteiger partial charge in [-0.1, -0.05) is 126 Å². The van der Waals surface area contributed by atoms with Crippen LogP contribution in [0.5, 0.6) is 5.75 Å². The number of ether oxygens (including phenoxy) is 3. The maximum absolute atomic E-state index is 15.7. The van der Waals surface area contributed by atoms with Gasteiger partial charge in [0.05, 0.1) is 23.8 Å². The van der Waals surface area contributed by atoms with E-state index in [1.54, 1.807) is 73.7 Å². The summed E-state index contributed by atoms with van der Waals surface area (Å²) in [6.45, 7) is 7.49. The van der Waals surface area contributed by atoms with Crippen molar-refractivity contribution in [1.29, 1.82) is 0 Å². The van der Waals surface area contributed by atoms with Crippen molar-refractivity contribution in [2.45, 2.75) is 62.4 Å². The van der Waals surface area contributed by atoms with Gasteiger partial charge in [0.2, 0.25) is 11.7 Å². The molecule has 1 amide bonds. The third-order valence-electron chi connectivity index (χ3n) is 11.8. The Morgan fingerprint density at radius 1 is 0.850 bits per heavy atom. The molecule has 9 nitrogen and oxygen atoms in total. The summed E-state index contributed by atoms with van der Waals surface area (Å²) in [5.41, 5.74) is 1.15. The molecule has 0 saturated carbocycles. The van der Waals surface area contributed by atoms with E-state index >= 15 is 9.59 Å². The molecular weight excluding hydrogens is 798 g/mol. The SMILES string of the molecule is Cc1ccc(C(C)OC(=O)C2=CC(C(=O)Oc3ccccc3)C3(C(=O)N4[C@@H](C(O)(OCc5ccccc5)c5ccccc5)C(C)(C)S[C@@H]43)C2C(=O)c2ccc(Cl)cc2)cc1. The van der Waals surface area contributed by atoms with Crippen LogP contribution in [0, 0.1) is 24.2 Å². The molecule has 2 fully saturated rings. The smallest absolute Gasteiger partial charge is 0.335 e. The van der Waals surface area contributed by atoms with E-state index in [0.717, 1.165) is 16.7 Å². The van der Waals surface area contributed by atoms with Crippen LogP contribution in [0.25, 0.3) is 0 Å². The Bertz CT molecular complexity index is 2440. The third-order valence-corrected chi connectivity index (χ3v) is 13.7. The minimum atomic E-state index is -2.06. The lowest BCUT2D eigenvalue weighted by Crippen LogP contribution is -2.76. The molecule has 0 radical (unpaired) electrons. The molecule has 0 aromatic heterocycles. The first-order valence-electron chi connectivity index (χ1n) is 19.8. The van der Waals surface area contributed by atoms with Gasteiger partial charge in [0.1, 0.15) is 23.3 Å². The number of para-hydroxylation sites is 1. The summed E-state index contributed by atoms with van der Waals surface area (Å²) in [5.74, 6) is -7.59. The predicted octanol–water partition coefficient (Wildman–Crippen LogP) is 9.02. The lowest BCUT2D eigenvalue weighted by Gasteiger charge is -2.58. The number of nitrogens with zero attached hydrogens (tertiary/aromatic N) is 1. The molecule has 2 saturated heterocycles.